The summed E-state index contributed by atoms with van der Waals surface area (Å²) in [6.45, 7) is 8.40. The number of aromatic nitrogens is 4. The Morgan fingerprint density at radius 2 is 1.86 bits per heavy atom. The number of piperazine rings is 1. The van der Waals surface area contributed by atoms with Crippen molar-refractivity contribution in [3.05, 3.63) is 41.5 Å². The number of likely N-dealkylation sites (N-methyl/N-ethyl adjacent to an activating group) is 1. The molecule has 2 atom stereocenters. The first-order valence-corrected chi connectivity index (χ1v) is 15.4. The molecule has 0 spiro atoms. The maximum atomic E-state index is 12.5. The van der Waals surface area contributed by atoms with Gasteiger partial charge in [0.25, 0.3) is 0 Å². The Balaban J connectivity index is 1.31. The summed E-state index contributed by atoms with van der Waals surface area (Å²) >= 11 is 0. The van der Waals surface area contributed by atoms with Gasteiger partial charge in [0, 0.05) is 49.0 Å². The number of anilines is 2. The molecule has 4 aliphatic rings. The van der Waals surface area contributed by atoms with E-state index in [0.717, 1.165) is 61.7 Å². The minimum atomic E-state index is -0.229. The smallest absolute Gasteiger partial charge is 0.318 e. The van der Waals surface area contributed by atoms with Gasteiger partial charge in [0.1, 0.15) is 24.6 Å². The Hall–Kier alpha value is -3.78. The van der Waals surface area contributed by atoms with Gasteiger partial charge >= 0.3 is 6.01 Å². The molecule has 2 saturated heterocycles. The van der Waals surface area contributed by atoms with Gasteiger partial charge in [-0.15, -0.1) is 0 Å². The fourth-order valence-electron chi connectivity index (χ4n) is 6.94. The van der Waals surface area contributed by atoms with Crippen LogP contribution in [0.5, 0.6) is 6.01 Å². The molecule has 1 aliphatic carbocycles. The monoisotopic (exact) mass is 571 g/mol. The van der Waals surface area contributed by atoms with E-state index in [9.17, 15) is 10.1 Å². The van der Waals surface area contributed by atoms with E-state index in [2.05, 4.69) is 39.4 Å². The van der Waals surface area contributed by atoms with E-state index >= 15 is 0 Å². The number of aryl methyl sites for hydroxylation is 1. The van der Waals surface area contributed by atoms with Gasteiger partial charge in [0.2, 0.25) is 5.91 Å². The summed E-state index contributed by atoms with van der Waals surface area (Å²) in [7, 11) is 2.14. The van der Waals surface area contributed by atoms with Gasteiger partial charge in [-0.2, -0.15) is 15.2 Å². The van der Waals surface area contributed by atoms with E-state index in [1.54, 1.807) is 11.2 Å². The Kier molecular flexibility index (Phi) is 8.51. The predicted octanol–water partition coefficient (Wildman–Crippen LogP) is 2.69. The lowest BCUT2D eigenvalue weighted by atomic mass is 10.0. The second-order valence-electron chi connectivity index (χ2n) is 11.9. The summed E-state index contributed by atoms with van der Waals surface area (Å²) in [5.74, 6) is 1.77. The van der Waals surface area contributed by atoms with E-state index < -0.39 is 0 Å². The van der Waals surface area contributed by atoms with Crippen LogP contribution in [0.4, 0.5) is 11.6 Å². The van der Waals surface area contributed by atoms with E-state index in [1.165, 1.54) is 43.0 Å². The van der Waals surface area contributed by atoms with Crippen molar-refractivity contribution in [2.24, 2.45) is 0 Å². The molecule has 0 radical (unpaired) electrons. The van der Waals surface area contributed by atoms with Gasteiger partial charge in [0.15, 0.2) is 0 Å². The zero-order valence-corrected chi connectivity index (χ0v) is 24.7. The minimum absolute atomic E-state index is 0.135. The number of carbonyl (C=O) groups excluding carboxylic acids is 1. The van der Waals surface area contributed by atoms with Crippen LogP contribution < -0.4 is 14.5 Å². The van der Waals surface area contributed by atoms with Gasteiger partial charge in [-0.25, -0.2) is 9.97 Å². The zero-order chi connectivity index (χ0) is 29.1. The number of hydrogen-bond acceptors (Lipinski definition) is 10. The van der Waals surface area contributed by atoms with Crippen molar-refractivity contribution in [3.63, 3.8) is 0 Å². The van der Waals surface area contributed by atoms with Gasteiger partial charge in [-0.1, -0.05) is 13.0 Å². The molecule has 0 aromatic carbocycles. The number of hydrogen-bond donors (Lipinski definition) is 0. The van der Waals surface area contributed by atoms with Crippen molar-refractivity contribution in [1.29, 1.82) is 5.26 Å². The molecule has 11 heteroatoms. The van der Waals surface area contributed by atoms with Crippen molar-refractivity contribution in [1.82, 2.24) is 29.7 Å². The number of carbonyl (C=O) groups is 1. The lowest BCUT2D eigenvalue weighted by molar-refractivity contribution is -0.128. The highest BCUT2D eigenvalue weighted by molar-refractivity contribution is 5.87. The summed E-state index contributed by atoms with van der Waals surface area (Å²) in [6, 6.07) is 2.79. The van der Waals surface area contributed by atoms with Crippen LogP contribution in [-0.2, 0) is 30.6 Å². The third-order valence-electron chi connectivity index (χ3n) is 9.32. The first-order valence-electron chi connectivity index (χ1n) is 15.4. The first-order chi connectivity index (χ1) is 20.6. The molecule has 2 aromatic heterocycles. The lowest BCUT2D eigenvalue weighted by Gasteiger charge is -2.42. The van der Waals surface area contributed by atoms with Crippen molar-refractivity contribution < 1.29 is 9.53 Å². The number of nitrogens with zero attached hydrogens (tertiary/aromatic N) is 9. The Morgan fingerprint density at radius 1 is 1.00 bits per heavy atom. The average Bonchev–Trinajstić information content (AvgIpc) is 3.27. The highest BCUT2D eigenvalue weighted by atomic mass is 16.5. The molecular formula is C31H41N9O2. The quantitative estimate of drug-likeness (QED) is 0.363. The predicted molar refractivity (Wildman–Crippen MR) is 159 cm³/mol. The van der Waals surface area contributed by atoms with E-state index in [4.69, 9.17) is 19.7 Å². The topological polar surface area (TPSA) is 115 Å². The maximum absolute atomic E-state index is 12.5. The number of amides is 1. The molecule has 0 N–H and O–H groups in total. The van der Waals surface area contributed by atoms with E-state index in [1.807, 2.05) is 0 Å². The van der Waals surface area contributed by atoms with Gasteiger partial charge in [0.05, 0.1) is 30.8 Å². The Morgan fingerprint density at radius 3 is 2.67 bits per heavy atom. The maximum Gasteiger partial charge on any atom is 0.318 e. The van der Waals surface area contributed by atoms with Crippen molar-refractivity contribution in [2.45, 2.75) is 76.4 Å². The molecule has 3 aliphatic heterocycles. The van der Waals surface area contributed by atoms with Crippen LogP contribution in [0.3, 0.4) is 0 Å². The highest BCUT2D eigenvalue weighted by Gasteiger charge is 2.34. The molecule has 0 saturated carbocycles. The van der Waals surface area contributed by atoms with Gasteiger partial charge < -0.3 is 24.3 Å². The molecule has 6 rings (SSSR count). The van der Waals surface area contributed by atoms with Crippen LogP contribution >= 0.6 is 0 Å². The van der Waals surface area contributed by atoms with E-state index in [0.29, 0.717) is 44.8 Å². The second kappa shape index (κ2) is 12.6. The fraction of sp³-hybridized carbons (Fsp3) is 0.613. The van der Waals surface area contributed by atoms with Crippen LogP contribution in [0.2, 0.25) is 0 Å². The molecule has 222 valence electrons. The van der Waals surface area contributed by atoms with Crippen LogP contribution in [0.1, 0.15) is 61.0 Å². The average molecular weight is 572 g/mol. The summed E-state index contributed by atoms with van der Waals surface area (Å²) in [5, 5.41) is 9.52. The Bertz CT molecular complexity index is 1360. The van der Waals surface area contributed by atoms with Crippen molar-refractivity contribution in [2.75, 3.05) is 56.2 Å². The third-order valence-corrected chi connectivity index (χ3v) is 9.32. The highest BCUT2D eigenvalue weighted by Crippen LogP contribution is 2.34. The van der Waals surface area contributed by atoms with Crippen LogP contribution in [0.25, 0.3) is 0 Å². The normalized spacial score (nSPS) is 22.6. The van der Waals surface area contributed by atoms with Crippen LogP contribution in [0.15, 0.2) is 19.0 Å². The zero-order valence-electron chi connectivity index (χ0n) is 24.7. The molecular weight excluding hydrogens is 530 g/mol. The minimum Gasteiger partial charge on any atom is -0.462 e. The molecule has 2 fully saturated rings. The SMILES string of the molecule is C=CC(=O)N1CCN(c2nc(OC[C@@H]3CCCN3C)nc3c2CCN(c2ncnc4c2CCCCC4)C3)C[C@@H]1CC#N. The summed E-state index contributed by atoms with van der Waals surface area (Å²) in [4.78, 5) is 40.6. The van der Waals surface area contributed by atoms with E-state index in [-0.39, 0.29) is 18.4 Å². The van der Waals surface area contributed by atoms with Crippen LogP contribution in [0, 0.1) is 11.3 Å². The number of fused-ring (bicyclic) bond motifs is 2. The molecule has 0 unspecified atom stereocenters. The number of nitriles is 1. The largest absolute Gasteiger partial charge is 0.462 e. The van der Waals surface area contributed by atoms with Crippen LogP contribution in [-0.4, -0.2) is 94.1 Å². The lowest BCUT2D eigenvalue weighted by Crippen LogP contribution is -2.55. The second-order valence-corrected chi connectivity index (χ2v) is 11.9. The van der Waals surface area contributed by atoms with Gasteiger partial charge in [-0.05, 0) is 64.6 Å². The molecule has 0 bridgehead atoms. The first kappa shape index (κ1) is 28.3. The fourth-order valence-corrected chi connectivity index (χ4v) is 6.94. The molecule has 5 heterocycles. The third kappa shape index (κ3) is 5.77. The molecule has 2 aromatic rings. The summed E-state index contributed by atoms with van der Waals surface area (Å²) < 4.78 is 6.29. The van der Waals surface area contributed by atoms with Crippen molar-refractivity contribution in [3.8, 4) is 12.1 Å². The molecule has 42 heavy (non-hydrogen) atoms. The van der Waals surface area contributed by atoms with Gasteiger partial charge in [-0.3, -0.25) is 4.79 Å². The number of rotatable bonds is 7. The summed E-state index contributed by atoms with van der Waals surface area (Å²) in [5.41, 5.74) is 4.56. The van der Waals surface area contributed by atoms with Crippen molar-refractivity contribution >= 4 is 17.5 Å². The molecule has 1 amide bonds. The molecule has 11 nitrogen and oxygen atoms in total. The standard InChI is InChI=1S/C31H41N9O2/c1-3-28(41)40-17-16-39(18-22(40)11-13-32)30-25-12-15-38(29-24-9-5-4-6-10-26(24)33-21-34-29)19-27(25)35-31(36-30)42-20-23-8-7-14-37(23)2/h3,21-23H,1,4-12,14-20H2,2H3/t22-,23-/m0/s1. The number of ether oxygens (including phenoxy) is 1. The summed E-state index contributed by atoms with van der Waals surface area (Å²) in [6.07, 6.45) is 12.0. The number of likely N-dealkylation sites (tertiary alicyclic amines) is 1. The Labute approximate surface area is 248 Å².